The highest BCUT2D eigenvalue weighted by Crippen LogP contribution is 2.33. The molecule has 3 nitrogen and oxygen atoms in total. The second-order valence-corrected chi connectivity index (χ2v) is 7.56. The number of imidazole rings is 1. The maximum absolute atomic E-state index is 6.11. The molecule has 4 heteroatoms. The van der Waals surface area contributed by atoms with Gasteiger partial charge in [-0.15, -0.1) is 11.3 Å². The second-order valence-electron chi connectivity index (χ2n) is 6.38. The van der Waals surface area contributed by atoms with E-state index in [2.05, 4.69) is 36.4 Å². The smallest absolute Gasteiger partial charge is 0.194 e. The first-order valence-electron chi connectivity index (χ1n) is 8.54. The van der Waals surface area contributed by atoms with Crippen LogP contribution in [0.5, 0.6) is 0 Å². The zero-order valence-electron chi connectivity index (χ0n) is 13.9. The first kappa shape index (κ1) is 14.9. The number of aromatic nitrogens is 2. The van der Waals surface area contributed by atoms with Gasteiger partial charge in [-0.25, -0.2) is 4.98 Å². The maximum atomic E-state index is 6.11. The quantitative estimate of drug-likeness (QED) is 0.781. The number of fused-ring (bicyclic) bond motifs is 2. The molecular formula is C19H23N3S. The molecule has 2 N–H and O–H groups in total. The number of nitrogens with two attached hydrogens (primary N) is 1. The van der Waals surface area contributed by atoms with Crippen LogP contribution in [0, 0.1) is 6.92 Å². The summed E-state index contributed by atoms with van der Waals surface area (Å²) in [7, 11) is 0. The van der Waals surface area contributed by atoms with Crippen molar-refractivity contribution in [2.45, 2.75) is 52.5 Å². The van der Waals surface area contributed by atoms with Gasteiger partial charge >= 0.3 is 0 Å². The Kier molecular flexibility index (Phi) is 3.74. The van der Waals surface area contributed by atoms with Gasteiger partial charge in [0.1, 0.15) is 0 Å². The first-order valence-corrected chi connectivity index (χ1v) is 9.36. The average molecular weight is 325 g/mol. The summed E-state index contributed by atoms with van der Waals surface area (Å²) in [4.78, 5) is 7.36. The molecule has 0 atom stereocenters. The molecule has 1 aliphatic rings. The van der Waals surface area contributed by atoms with Crippen LogP contribution in [-0.2, 0) is 25.8 Å². The third kappa shape index (κ3) is 2.32. The van der Waals surface area contributed by atoms with E-state index in [1.165, 1.54) is 52.9 Å². The topological polar surface area (TPSA) is 43.3 Å². The Morgan fingerprint density at radius 1 is 1.17 bits per heavy atom. The number of hydrogen-bond acceptors (Lipinski definition) is 3. The Morgan fingerprint density at radius 3 is 2.70 bits per heavy atom. The standard InChI is InChI=1S/C19H23N3S/c1-3-16-12(2)23-19-21-18(17(11-20)22(16)19)15-9-8-13-6-4-5-7-14(13)10-15/h8-10H,3-7,11,20H2,1-2H3. The third-order valence-electron chi connectivity index (χ3n) is 5.01. The number of thiazole rings is 1. The molecule has 0 radical (unpaired) electrons. The molecule has 2 heterocycles. The van der Waals surface area contributed by atoms with Gasteiger partial charge in [0.05, 0.1) is 11.4 Å². The Bertz CT molecular complexity index is 872. The van der Waals surface area contributed by atoms with Crippen molar-refractivity contribution in [1.29, 1.82) is 0 Å². The van der Waals surface area contributed by atoms with E-state index in [-0.39, 0.29) is 0 Å². The van der Waals surface area contributed by atoms with Gasteiger partial charge in [-0.1, -0.05) is 19.1 Å². The molecular weight excluding hydrogens is 302 g/mol. The van der Waals surface area contributed by atoms with Crippen molar-refractivity contribution in [3.8, 4) is 11.3 Å². The van der Waals surface area contributed by atoms with Crippen LogP contribution in [0.3, 0.4) is 0 Å². The van der Waals surface area contributed by atoms with Crippen LogP contribution < -0.4 is 5.73 Å². The lowest BCUT2D eigenvalue weighted by atomic mass is 9.90. The number of benzene rings is 1. The van der Waals surface area contributed by atoms with Crippen molar-refractivity contribution in [2.24, 2.45) is 5.73 Å². The Morgan fingerprint density at radius 2 is 1.96 bits per heavy atom. The number of nitrogens with zero attached hydrogens (tertiary/aromatic N) is 2. The highest BCUT2D eigenvalue weighted by atomic mass is 32.1. The zero-order chi connectivity index (χ0) is 16.0. The summed E-state index contributed by atoms with van der Waals surface area (Å²) in [6, 6.07) is 6.87. The minimum atomic E-state index is 0.525. The third-order valence-corrected chi connectivity index (χ3v) is 6.01. The molecule has 2 aromatic heterocycles. The summed E-state index contributed by atoms with van der Waals surface area (Å²) < 4.78 is 2.29. The van der Waals surface area contributed by atoms with Gasteiger partial charge < -0.3 is 5.73 Å². The molecule has 0 spiro atoms. The lowest BCUT2D eigenvalue weighted by molar-refractivity contribution is 0.686. The van der Waals surface area contributed by atoms with Crippen LogP contribution in [-0.4, -0.2) is 9.38 Å². The highest BCUT2D eigenvalue weighted by molar-refractivity contribution is 7.17. The summed E-state index contributed by atoms with van der Waals surface area (Å²) in [5.74, 6) is 0. The molecule has 0 amide bonds. The summed E-state index contributed by atoms with van der Waals surface area (Å²) in [6.07, 6.45) is 6.05. The minimum absolute atomic E-state index is 0.525. The van der Waals surface area contributed by atoms with E-state index in [9.17, 15) is 0 Å². The SMILES string of the molecule is CCc1c(C)sc2nc(-c3ccc4c(c3)CCCC4)c(CN)n12. The van der Waals surface area contributed by atoms with Gasteiger partial charge in [0.15, 0.2) is 4.96 Å². The van der Waals surface area contributed by atoms with Crippen molar-refractivity contribution in [3.05, 3.63) is 45.6 Å². The van der Waals surface area contributed by atoms with Gasteiger partial charge in [-0.3, -0.25) is 4.40 Å². The van der Waals surface area contributed by atoms with Crippen LogP contribution in [0.4, 0.5) is 0 Å². The largest absolute Gasteiger partial charge is 0.325 e. The Balaban J connectivity index is 1.90. The van der Waals surface area contributed by atoms with Crippen molar-refractivity contribution < 1.29 is 0 Å². The van der Waals surface area contributed by atoms with E-state index in [1.807, 2.05) is 0 Å². The van der Waals surface area contributed by atoms with Crippen LogP contribution in [0.1, 0.15) is 47.2 Å². The minimum Gasteiger partial charge on any atom is -0.325 e. The molecule has 0 fully saturated rings. The molecule has 1 aromatic carbocycles. The monoisotopic (exact) mass is 325 g/mol. The molecule has 0 saturated heterocycles. The second kappa shape index (κ2) is 5.77. The molecule has 3 aromatic rings. The summed E-state index contributed by atoms with van der Waals surface area (Å²) in [5.41, 5.74) is 13.9. The molecule has 120 valence electrons. The first-order chi connectivity index (χ1) is 11.2. The number of aryl methyl sites for hydroxylation is 4. The van der Waals surface area contributed by atoms with Gasteiger partial charge in [0.25, 0.3) is 0 Å². The van der Waals surface area contributed by atoms with Crippen LogP contribution in [0.25, 0.3) is 16.2 Å². The van der Waals surface area contributed by atoms with Crippen molar-refractivity contribution in [2.75, 3.05) is 0 Å². The van der Waals surface area contributed by atoms with Crippen molar-refractivity contribution >= 4 is 16.3 Å². The summed E-state index contributed by atoms with van der Waals surface area (Å²) in [6.45, 7) is 4.90. The van der Waals surface area contributed by atoms with Gasteiger partial charge in [-0.2, -0.15) is 0 Å². The molecule has 0 aliphatic heterocycles. The molecule has 23 heavy (non-hydrogen) atoms. The predicted octanol–water partition coefficient (Wildman–Crippen LogP) is 4.27. The van der Waals surface area contributed by atoms with E-state index in [0.717, 1.165) is 22.8 Å². The fraction of sp³-hybridized carbons (Fsp3) is 0.421. The van der Waals surface area contributed by atoms with Crippen LogP contribution >= 0.6 is 11.3 Å². The van der Waals surface area contributed by atoms with E-state index >= 15 is 0 Å². The number of rotatable bonds is 3. The molecule has 0 saturated carbocycles. The predicted molar refractivity (Wildman–Crippen MR) is 97.2 cm³/mol. The Labute approximate surface area is 141 Å². The van der Waals surface area contributed by atoms with Crippen molar-refractivity contribution in [3.63, 3.8) is 0 Å². The maximum Gasteiger partial charge on any atom is 0.194 e. The zero-order valence-corrected chi connectivity index (χ0v) is 14.7. The molecule has 4 rings (SSSR count). The van der Waals surface area contributed by atoms with Crippen LogP contribution in [0.2, 0.25) is 0 Å². The van der Waals surface area contributed by atoms with Crippen LogP contribution in [0.15, 0.2) is 18.2 Å². The Hall–Kier alpha value is -1.65. The van der Waals surface area contributed by atoms with Gasteiger partial charge in [0, 0.05) is 22.7 Å². The van der Waals surface area contributed by atoms with Crippen molar-refractivity contribution in [1.82, 2.24) is 9.38 Å². The van der Waals surface area contributed by atoms with E-state index in [4.69, 9.17) is 10.7 Å². The fourth-order valence-corrected chi connectivity index (χ4v) is 4.91. The summed E-state index contributed by atoms with van der Waals surface area (Å²) >= 11 is 1.77. The number of hydrogen-bond donors (Lipinski definition) is 1. The normalized spacial score (nSPS) is 14.4. The lowest BCUT2D eigenvalue weighted by Crippen LogP contribution is -2.06. The average Bonchev–Trinajstić information content (AvgIpc) is 3.08. The summed E-state index contributed by atoms with van der Waals surface area (Å²) in [5, 5.41) is 0. The lowest BCUT2D eigenvalue weighted by Gasteiger charge is -2.16. The van der Waals surface area contributed by atoms with E-state index in [0.29, 0.717) is 6.54 Å². The van der Waals surface area contributed by atoms with E-state index < -0.39 is 0 Å². The molecule has 0 bridgehead atoms. The fourth-order valence-electron chi connectivity index (χ4n) is 3.84. The van der Waals surface area contributed by atoms with Gasteiger partial charge in [0.2, 0.25) is 0 Å². The van der Waals surface area contributed by atoms with E-state index in [1.54, 1.807) is 11.3 Å². The highest BCUT2D eigenvalue weighted by Gasteiger charge is 2.19. The molecule has 0 unspecified atom stereocenters. The van der Waals surface area contributed by atoms with Gasteiger partial charge in [-0.05, 0) is 56.2 Å². The molecule has 1 aliphatic carbocycles.